The summed E-state index contributed by atoms with van der Waals surface area (Å²) in [6.45, 7) is 17.3. The molecule has 0 saturated heterocycles. The number of hydrogen-bond acceptors (Lipinski definition) is 3. The second kappa shape index (κ2) is 6.70. The summed E-state index contributed by atoms with van der Waals surface area (Å²) in [5, 5.41) is 0. The maximum Gasteiger partial charge on any atom is 0.180 e. The fraction of sp³-hybridized carbons (Fsp3) is 0.500. The number of allylic oxidation sites excluding steroid dienone is 5. The van der Waals surface area contributed by atoms with Gasteiger partial charge in [0.2, 0.25) is 0 Å². The summed E-state index contributed by atoms with van der Waals surface area (Å²) in [7, 11) is 0. The zero-order chi connectivity index (χ0) is 19.0. The van der Waals surface area contributed by atoms with Crippen LogP contribution < -0.4 is 0 Å². The van der Waals surface area contributed by atoms with Gasteiger partial charge in [-0.15, -0.1) is 13.2 Å². The average Bonchev–Trinajstić information content (AvgIpc) is 2.52. The largest absolute Gasteiger partial charge is 0.298 e. The number of hydrogen-bond donors (Lipinski definition) is 0. The van der Waals surface area contributed by atoms with Gasteiger partial charge in [-0.2, -0.15) is 0 Å². The molecule has 0 unspecified atom stereocenters. The van der Waals surface area contributed by atoms with Crippen LogP contribution in [0.25, 0.3) is 0 Å². The molecular weight excluding hydrogens is 312 g/mol. The van der Waals surface area contributed by atoms with E-state index in [0.29, 0.717) is 24.8 Å². The zero-order valence-electron chi connectivity index (χ0n) is 15.6. The Bertz CT molecular complexity index is 707. The molecule has 0 heterocycles. The second-order valence-corrected chi connectivity index (χ2v) is 7.86. The van der Waals surface area contributed by atoms with Gasteiger partial charge in [0, 0.05) is 12.0 Å². The van der Waals surface area contributed by atoms with Crippen LogP contribution in [0.4, 0.5) is 0 Å². The Labute approximate surface area is 150 Å². The van der Waals surface area contributed by atoms with Crippen LogP contribution in [-0.4, -0.2) is 17.3 Å². The number of carbonyl (C=O) groups is 3. The molecule has 134 valence electrons. The van der Waals surface area contributed by atoms with Crippen LogP contribution in [0.5, 0.6) is 0 Å². The van der Waals surface area contributed by atoms with E-state index in [1.165, 1.54) is 0 Å². The molecule has 0 radical (unpaired) electrons. The molecule has 0 spiro atoms. The molecule has 3 nitrogen and oxygen atoms in total. The predicted molar refractivity (Wildman–Crippen MR) is 100 cm³/mol. The molecule has 1 fully saturated rings. The number of ketones is 3. The second-order valence-electron chi connectivity index (χ2n) is 7.86. The average molecular weight is 340 g/mol. The monoisotopic (exact) mass is 340 g/mol. The van der Waals surface area contributed by atoms with Crippen molar-refractivity contribution in [3.8, 4) is 0 Å². The van der Waals surface area contributed by atoms with E-state index in [1.807, 2.05) is 20.8 Å². The summed E-state index contributed by atoms with van der Waals surface area (Å²) in [5.74, 6) is -0.753. The molecular formula is C22H28O3. The third-order valence-corrected chi connectivity index (χ3v) is 5.63. The van der Waals surface area contributed by atoms with Crippen LogP contribution in [0, 0.1) is 16.7 Å². The van der Waals surface area contributed by atoms with Crippen molar-refractivity contribution < 1.29 is 14.4 Å². The van der Waals surface area contributed by atoms with Crippen molar-refractivity contribution in [1.29, 1.82) is 0 Å². The van der Waals surface area contributed by atoms with Gasteiger partial charge in [-0.3, -0.25) is 14.4 Å². The molecule has 1 saturated carbocycles. The third-order valence-electron chi connectivity index (χ3n) is 5.63. The summed E-state index contributed by atoms with van der Waals surface area (Å²) in [5.41, 5.74) is -0.336. The highest BCUT2D eigenvalue weighted by Gasteiger charge is 2.65. The lowest BCUT2D eigenvalue weighted by Crippen LogP contribution is -2.60. The van der Waals surface area contributed by atoms with E-state index in [9.17, 15) is 14.4 Å². The van der Waals surface area contributed by atoms with Crippen molar-refractivity contribution in [2.45, 2.75) is 52.9 Å². The van der Waals surface area contributed by atoms with Crippen molar-refractivity contribution in [2.24, 2.45) is 16.7 Å². The minimum Gasteiger partial charge on any atom is -0.298 e. The van der Waals surface area contributed by atoms with E-state index < -0.39 is 10.8 Å². The normalized spacial score (nSPS) is 29.2. The lowest BCUT2D eigenvalue weighted by molar-refractivity contribution is -0.155. The molecule has 0 aromatic rings. The third kappa shape index (κ3) is 2.70. The van der Waals surface area contributed by atoms with E-state index in [4.69, 9.17) is 0 Å². The van der Waals surface area contributed by atoms with Crippen LogP contribution in [0.1, 0.15) is 52.9 Å². The molecule has 3 heteroatoms. The lowest BCUT2D eigenvalue weighted by Gasteiger charge is -2.50. The van der Waals surface area contributed by atoms with E-state index in [0.717, 1.165) is 11.1 Å². The van der Waals surface area contributed by atoms with Gasteiger partial charge in [0.1, 0.15) is 0 Å². The van der Waals surface area contributed by atoms with Gasteiger partial charge in [0.25, 0.3) is 0 Å². The molecule has 2 rings (SSSR count). The number of carbonyl (C=O) groups excluding carboxylic acids is 3. The van der Waals surface area contributed by atoms with Crippen LogP contribution in [0.2, 0.25) is 0 Å². The molecule has 0 N–H and O–H groups in total. The Morgan fingerprint density at radius 1 is 1.20 bits per heavy atom. The van der Waals surface area contributed by atoms with Gasteiger partial charge in [0.15, 0.2) is 22.8 Å². The Morgan fingerprint density at radius 2 is 1.84 bits per heavy atom. The summed E-state index contributed by atoms with van der Waals surface area (Å²) in [6.07, 6.45) is 5.01. The zero-order valence-corrected chi connectivity index (χ0v) is 15.6. The molecule has 0 aliphatic heterocycles. The molecule has 0 aromatic carbocycles. The van der Waals surface area contributed by atoms with Crippen LogP contribution in [0.15, 0.2) is 48.6 Å². The van der Waals surface area contributed by atoms with Crippen molar-refractivity contribution >= 4 is 17.3 Å². The van der Waals surface area contributed by atoms with Crippen molar-refractivity contribution in [3.05, 3.63) is 48.6 Å². The summed E-state index contributed by atoms with van der Waals surface area (Å²) >= 11 is 0. The molecule has 2 bridgehead atoms. The van der Waals surface area contributed by atoms with E-state index in [2.05, 4.69) is 19.7 Å². The first-order valence-corrected chi connectivity index (χ1v) is 8.89. The van der Waals surface area contributed by atoms with Gasteiger partial charge in [-0.25, -0.2) is 0 Å². The molecule has 2 aliphatic rings. The molecule has 0 aromatic heterocycles. The topological polar surface area (TPSA) is 51.2 Å². The molecule has 2 aliphatic carbocycles. The van der Waals surface area contributed by atoms with E-state index >= 15 is 0 Å². The molecule has 25 heavy (non-hydrogen) atoms. The predicted octanol–water partition coefficient (Wildman–Crippen LogP) is 4.54. The van der Waals surface area contributed by atoms with Gasteiger partial charge >= 0.3 is 0 Å². The Kier molecular flexibility index (Phi) is 5.17. The van der Waals surface area contributed by atoms with E-state index in [1.54, 1.807) is 12.2 Å². The first-order valence-electron chi connectivity index (χ1n) is 8.89. The van der Waals surface area contributed by atoms with Crippen molar-refractivity contribution in [2.75, 3.05) is 0 Å². The summed E-state index contributed by atoms with van der Waals surface area (Å²) in [4.78, 5) is 40.1. The molecule has 2 atom stereocenters. The number of fused-ring (bicyclic) bond motifs is 2. The minimum absolute atomic E-state index is 0.0846. The standard InChI is InChI=1S/C22H28O3/c1-7-9-17-16(6)21(10-8-2)12-15(5)13-22(19(17)24,20(21)25)18(23)11-14(3)4/h7-8,14H,1-2,5,9-13H2,3-4,6H3/t21-,22-/m0/s1. The van der Waals surface area contributed by atoms with Crippen molar-refractivity contribution in [1.82, 2.24) is 0 Å². The summed E-state index contributed by atoms with van der Waals surface area (Å²) < 4.78 is 0. The Hall–Kier alpha value is -2.03. The smallest absolute Gasteiger partial charge is 0.180 e. The fourth-order valence-corrected chi connectivity index (χ4v) is 4.49. The SMILES string of the molecule is C=CCC1=C(C)[C@]2(CC=C)CC(=C)C[C@](C(=O)CC(C)C)(C1=O)C2=O. The fourth-order valence-electron chi connectivity index (χ4n) is 4.49. The van der Waals surface area contributed by atoms with Gasteiger partial charge < -0.3 is 0 Å². The van der Waals surface area contributed by atoms with Crippen LogP contribution in [0.3, 0.4) is 0 Å². The van der Waals surface area contributed by atoms with Crippen LogP contribution in [-0.2, 0) is 14.4 Å². The number of Topliss-reactive ketones (excluding diaryl/α,β-unsaturated/α-hetero) is 3. The summed E-state index contributed by atoms with van der Waals surface area (Å²) in [6, 6.07) is 0. The van der Waals surface area contributed by atoms with Crippen LogP contribution >= 0.6 is 0 Å². The van der Waals surface area contributed by atoms with Gasteiger partial charge in [0.05, 0.1) is 5.41 Å². The maximum absolute atomic E-state index is 13.6. The highest BCUT2D eigenvalue weighted by molar-refractivity contribution is 6.33. The minimum atomic E-state index is -1.60. The molecule has 0 amide bonds. The lowest BCUT2D eigenvalue weighted by atomic mass is 9.48. The van der Waals surface area contributed by atoms with E-state index in [-0.39, 0.29) is 36.1 Å². The Balaban J connectivity index is 2.78. The first-order chi connectivity index (χ1) is 11.7. The van der Waals surface area contributed by atoms with Crippen molar-refractivity contribution in [3.63, 3.8) is 0 Å². The maximum atomic E-state index is 13.6. The quantitative estimate of drug-likeness (QED) is 0.505. The first kappa shape index (κ1) is 19.3. The Morgan fingerprint density at radius 3 is 2.36 bits per heavy atom. The van der Waals surface area contributed by atoms with Gasteiger partial charge in [-0.1, -0.05) is 43.7 Å². The number of rotatable bonds is 7. The van der Waals surface area contributed by atoms with Gasteiger partial charge in [-0.05, 0) is 38.5 Å². The highest BCUT2D eigenvalue weighted by atomic mass is 16.2. The highest BCUT2D eigenvalue weighted by Crippen LogP contribution is 2.57.